The average molecular weight is 551 g/mol. The van der Waals surface area contributed by atoms with E-state index in [0.717, 1.165) is 11.1 Å². The van der Waals surface area contributed by atoms with Gasteiger partial charge in [-0.1, -0.05) is 158 Å². The maximum absolute atomic E-state index is 11.7. The van der Waals surface area contributed by atoms with E-state index in [2.05, 4.69) is 127 Å². The van der Waals surface area contributed by atoms with Crippen molar-refractivity contribution in [2.75, 3.05) is 0 Å². The van der Waals surface area contributed by atoms with Crippen LogP contribution < -0.4 is 0 Å². The first-order valence-corrected chi connectivity index (χ1v) is 15.0. The highest BCUT2D eigenvalue weighted by molar-refractivity contribution is 5.91. The van der Waals surface area contributed by atoms with E-state index < -0.39 is 0 Å². The number of hydrogen-bond donors (Lipinski definition) is 0. The minimum atomic E-state index is 0.0361. The van der Waals surface area contributed by atoms with Gasteiger partial charge in [-0.2, -0.15) is 0 Å². The molecule has 0 amide bonds. The Kier molecular flexibility index (Phi) is 16.3. The standard InChI is InChI=1S/C40H54O/c1-31(2)39(41)29-27-36(7)24-15-22-34(5)21-13-19-32(3)17-11-12-18-33(4)20-14-23-35(6)26-28-38-37(8)25-16-30-40(38,9)10/h11-15,17-24,26-29,31H,16,25,30H2,1-10H3/b12-11+,19-13+,20-14+,22-15+,28-26+,29-27+,32-17+,33-18+,34-21+,35-23+,36-24+. The monoisotopic (exact) mass is 550 g/mol. The molecule has 1 nitrogen and oxygen atoms in total. The smallest absolute Gasteiger partial charge is 0.158 e. The molecule has 41 heavy (non-hydrogen) atoms. The Bertz CT molecular complexity index is 1250. The molecule has 0 aromatic heterocycles. The Labute approximate surface area is 252 Å². The van der Waals surface area contributed by atoms with E-state index in [9.17, 15) is 4.79 Å². The first kappa shape index (κ1) is 35.6. The van der Waals surface area contributed by atoms with Crippen LogP contribution in [-0.4, -0.2) is 5.78 Å². The molecule has 0 N–H and O–H groups in total. The molecule has 0 heterocycles. The zero-order valence-corrected chi connectivity index (χ0v) is 27.4. The molecule has 0 aliphatic heterocycles. The van der Waals surface area contributed by atoms with E-state index >= 15 is 0 Å². The second-order valence-corrected chi connectivity index (χ2v) is 12.2. The molecule has 1 aliphatic rings. The Balaban J connectivity index is 2.61. The predicted molar refractivity (Wildman–Crippen MR) is 184 cm³/mol. The number of ketones is 1. The maximum Gasteiger partial charge on any atom is 0.158 e. The van der Waals surface area contributed by atoms with Crippen LogP contribution in [0.25, 0.3) is 0 Å². The fraction of sp³-hybridized carbons (Fsp3) is 0.375. The highest BCUT2D eigenvalue weighted by Gasteiger charge is 2.26. The average Bonchev–Trinajstić information content (AvgIpc) is 2.89. The number of hydrogen-bond acceptors (Lipinski definition) is 1. The van der Waals surface area contributed by atoms with E-state index in [1.54, 1.807) is 6.08 Å². The first-order valence-electron chi connectivity index (χ1n) is 15.0. The fourth-order valence-electron chi connectivity index (χ4n) is 4.38. The van der Waals surface area contributed by atoms with Gasteiger partial charge in [-0.3, -0.25) is 4.79 Å². The van der Waals surface area contributed by atoms with E-state index in [1.165, 1.54) is 47.1 Å². The van der Waals surface area contributed by atoms with Crippen molar-refractivity contribution >= 4 is 5.78 Å². The number of carbonyl (C=O) groups excluding carboxylic acids is 1. The molecular formula is C40H54O. The molecule has 1 heteroatoms. The van der Waals surface area contributed by atoms with Gasteiger partial charge in [0.1, 0.15) is 0 Å². The highest BCUT2D eigenvalue weighted by Crippen LogP contribution is 2.40. The summed E-state index contributed by atoms with van der Waals surface area (Å²) in [6.45, 7) is 21.3. The van der Waals surface area contributed by atoms with E-state index in [1.807, 2.05) is 39.0 Å². The molecule has 220 valence electrons. The van der Waals surface area contributed by atoms with Gasteiger partial charge in [0.25, 0.3) is 0 Å². The molecule has 0 radical (unpaired) electrons. The molecule has 1 rings (SSSR count). The summed E-state index contributed by atoms with van der Waals surface area (Å²) in [6, 6.07) is 0. The lowest BCUT2D eigenvalue weighted by molar-refractivity contribution is -0.117. The van der Waals surface area contributed by atoms with Crippen LogP contribution in [0.5, 0.6) is 0 Å². The third-order valence-electron chi connectivity index (χ3n) is 7.12. The van der Waals surface area contributed by atoms with Crippen molar-refractivity contribution in [1.29, 1.82) is 0 Å². The first-order chi connectivity index (χ1) is 19.3. The number of allylic oxidation sites excluding steroid dienone is 24. The quantitative estimate of drug-likeness (QED) is 0.165. The normalized spacial score (nSPS) is 18.8. The molecule has 1 aliphatic carbocycles. The summed E-state index contributed by atoms with van der Waals surface area (Å²) >= 11 is 0. The molecule has 0 aromatic carbocycles. The largest absolute Gasteiger partial charge is 0.295 e. The number of rotatable bonds is 13. The van der Waals surface area contributed by atoms with Gasteiger partial charge in [-0.25, -0.2) is 0 Å². The molecule has 0 saturated carbocycles. The van der Waals surface area contributed by atoms with Gasteiger partial charge >= 0.3 is 0 Å². The molecule has 0 spiro atoms. The maximum atomic E-state index is 11.7. The molecule has 0 atom stereocenters. The number of carbonyl (C=O) groups is 1. The van der Waals surface area contributed by atoms with Gasteiger partial charge in [-0.05, 0) is 77.9 Å². The van der Waals surface area contributed by atoms with Crippen LogP contribution in [0.4, 0.5) is 0 Å². The lowest BCUT2D eigenvalue weighted by atomic mass is 9.72. The molecule has 0 aromatic rings. The molecular weight excluding hydrogens is 496 g/mol. The molecule has 0 bridgehead atoms. The van der Waals surface area contributed by atoms with Gasteiger partial charge in [-0.15, -0.1) is 0 Å². The van der Waals surface area contributed by atoms with Crippen molar-refractivity contribution in [2.45, 2.75) is 88.5 Å². The van der Waals surface area contributed by atoms with Crippen molar-refractivity contribution in [3.63, 3.8) is 0 Å². The minimum Gasteiger partial charge on any atom is -0.295 e. The fourth-order valence-corrected chi connectivity index (χ4v) is 4.38. The third kappa shape index (κ3) is 15.8. The lowest BCUT2D eigenvalue weighted by Crippen LogP contribution is -2.19. The minimum absolute atomic E-state index is 0.0361. The van der Waals surface area contributed by atoms with Crippen LogP contribution in [0.3, 0.4) is 0 Å². The molecule has 0 fully saturated rings. The molecule has 0 unspecified atom stereocenters. The van der Waals surface area contributed by atoms with E-state index in [0.29, 0.717) is 0 Å². The summed E-state index contributed by atoms with van der Waals surface area (Å²) in [5.74, 6) is 0.187. The Morgan fingerprint density at radius 1 is 0.634 bits per heavy atom. The molecule has 0 saturated heterocycles. The van der Waals surface area contributed by atoms with Crippen LogP contribution >= 0.6 is 0 Å². The van der Waals surface area contributed by atoms with E-state index in [4.69, 9.17) is 0 Å². The summed E-state index contributed by atoms with van der Waals surface area (Å²) < 4.78 is 0. The topological polar surface area (TPSA) is 17.1 Å². The van der Waals surface area contributed by atoms with Crippen LogP contribution in [0.1, 0.15) is 88.5 Å². The summed E-state index contributed by atoms with van der Waals surface area (Å²) in [6.07, 6.45) is 39.1. The summed E-state index contributed by atoms with van der Waals surface area (Å²) in [7, 11) is 0. The van der Waals surface area contributed by atoms with Gasteiger partial charge in [0.15, 0.2) is 5.78 Å². The van der Waals surface area contributed by atoms with Crippen molar-refractivity contribution in [3.05, 3.63) is 142 Å². The van der Waals surface area contributed by atoms with Crippen LogP contribution in [0.2, 0.25) is 0 Å². The second-order valence-electron chi connectivity index (χ2n) is 12.2. The SMILES string of the molecule is CC1=C(/C=C/C(C)=C/C=C/C(C)=C/C=C/C=C(C)/C=C/C=C(C)/C=C/C=C(C)/C=C/C(=O)C(C)C)C(C)(C)CCC1. The van der Waals surface area contributed by atoms with Crippen molar-refractivity contribution in [1.82, 2.24) is 0 Å². The van der Waals surface area contributed by atoms with Crippen molar-refractivity contribution in [2.24, 2.45) is 11.3 Å². The van der Waals surface area contributed by atoms with Gasteiger partial charge < -0.3 is 0 Å². The lowest BCUT2D eigenvalue weighted by Gasteiger charge is -2.32. The van der Waals surface area contributed by atoms with Crippen LogP contribution in [-0.2, 0) is 4.79 Å². The highest BCUT2D eigenvalue weighted by atomic mass is 16.1. The summed E-state index contributed by atoms with van der Waals surface area (Å²) in [5.41, 5.74) is 9.18. The second kappa shape index (κ2) is 18.8. The third-order valence-corrected chi connectivity index (χ3v) is 7.12. The Hall–Kier alpha value is -3.45. The van der Waals surface area contributed by atoms with Crippen LogP contribution in [0.15, 0.2) is 142 Å². The van der Waals surface area contributed by atoms with E-state index in [-0.39, 0.29) is 17.1 Å². The van der Waals surface area contributed by atoms with Gasteiger partial charge in [0.05, 0.1) is 0 Å². The predicted octanol–water partition coefficient (Wildman–Crippen LogP) is 11.8. The Morgan fingerprint density at radius 3 is 1.49 bits per heavy atom. The summed E-state index contributed by atoms with van der Waals surface area (Å²) in [5, 5.41) is 0. The van der Waals surface area contributed by atoms with Crippen molar-refractivity contribution < 1.29 is 4.79 Å². The summed E-state index contributed by atoms with van der Waals surface area (Å²) in [4.78, 5) is 11.7. The van der Waals surface area contributed by atoms with Crippen molar-refractivity contribution in [3.8, 4) is 0 Å². The zero-order chi connectivity index (χ0) is 30.8. The Morgan fingerprint density at radius 2 is 1.05 bits per heavy atom. The van der Waals surface area contributed by atoms with Gasteiger partial charge in [0.2, 0.25) is 0 Å². The zero-order valence-electron chi connectivity index (χ0n) is 27.4. The van der Waals surface area contributed by atoms with Gasteiger partial charge in [0, 0.05) is 5.92 Å². The van der Waals surface area contributed by atoms with Crippen LogP contribution in [0, 0.1) is 11.3 Å².